The Labute approximate surface area is 138 Å². The third-order valence-electron chi connectivity index (χ3n) is 4.25. The van der Waals surface area contributed by atoms with E-state index in [1.54, 1.807) is 17.3 Å². The SMILES string of the molecule is Cc1cc(-c2cnco2)c2ncc(C(=O)N(C)CC3COC3)n2c1. The van der Waals surface area contributed by atoms with Crippen LogP contribution in [0, 0.1) is 12.8 Å². The number of hydrogen-bond acceptors (Lipinski definition) is 5. The largest absolute Gasteiger partial charge is 0.443 e. The number of imidazole rings is 1. The van der Waals surface area contributed by atoms with Crippen molar-refractivity contribution in [2.45, 2.75) is 6.92 Å². The molecule has 0 unspecified atom stereocenters. The first-order chi connectivity index (χ1) is 11.6. The number of pyridine rings is 1. The molecular weight excluding hydrogens is 308 g/mol. The molecule has 0 aromatic carbocycles. The molecular formula is C17H18N4O3. The van der Waals surface area contributed by atoms with Crippen LogP contribution in [0.3, 0.4) is 0 Å². The highest BCUT2D eigenvalue weighted by Crippen LogP contribution is 2.26. The van der Waals surface area contributed by atoms with Crippen molar-refractivity contribution in [3.8, 4) is 11.3 Å². The first kappa shape index (κ1) is 14.9. The number of rotatable bonds is 4. The van der Waals surface area contributed by atoms with Crippen molar-refractivity contribution >= 4 is 11.6 Å². The van der Waals surface area contributed by atoms with Crippen LogP contribution < -0.4 is 0 Å². The van der Waals surface area contributed by atoms with Gasteiger partial charge in [0.2, 0.25) is 0 Å². The van der Waals surface area contributed by atoms with Crippen molar-refractivity contribution in [3.63, 3.8) is 0 Å². The van der Waals surface area contributed by atoms with Gasteiger partial charge in [0.25, 0.3) is 5.91 Å². The molecule has 0 atom stereocenters. The first-order valence-corrected chi connectivity index (χ1v) is 7.83. The predicted octanol–water partition coefficient (Wildman–Crippen LogP) is 2.02. The Morgan fingerprint density at radius 1 is 1.42 bits per heavy atom. The maximum Gasteiger partial charge on any atom is 0.272 e. The van der Waals surface area contributed by atoms with Crippen LogP contribution in [0.2, 0.25) is 0 Å². The number of fused-ring (bicyclic) bond motifs is 1. The molecule has 1 fully saturated rings. The van der Waals surface area contributed by atoms with Crippen molar-refractivity contribution in [2.24, 2.45) is 5.92 Å². The molecule has 7 heteroatoms. The molecule has 4 rings (SSSR count). The summed E-state index contributed by atoms with van der Waals surface area (Å²) in [5.74, 6) is 1.00. The van der Waals surface area contributed by atoms with Crippen LogP contribution in [0.5, 0.6) is 0 Å². The van der Waals surface area contributed by atoms with Crippen molar-refractivity contribution in [2.75, 3.05) is 26.8 Å². The summed E-state index contributed by atoms with van der Waals surface area (Å²) in [5, 5.41) is 0. The monoisotopic (exact) mass is 326 g/mol. The highest BCUT2D eigenvalue weighted by molar-refractivity contribution is 5.94. The summed E-state index contributed by atoms with van der Waals surface area (Å²) >= 11 is 0. The van der Waals surface area contributed by atoms with Gasteiger partial charge in [-0.05, 0) is 18.6 Å². The second-order valence-corrected chi connectivity index (χ2v) is 6.22. The van der Waals surface area contributed by atoms with Crippen LogP contribution in [-0.4, -0.2) is 52.0 Å². The molecule has 124 valence electrons. The summed E-state index contributed by atoms with van der Waals surface area (Å²) in [7, 11) is 1.81. The minimum absolute atomic E-state index is 0.0523. The Bertz CT molecular complexity index is 881. The van der Waals surface area contributed by atoms with Gasteiger partial charge < -0.3 is 14.1 Å². The van der Waals surface area contributed by atoms with E-state index in [0.29, 0.717) is 29.6 Å². The van der Waals surface area contributed by atoms with Gasteiger partial charge in [0.1, 0.15) is 11.3 Å². The average Bonchev–Trinajstić information content (AvgIpc) is 3.18. The normalized spacial score (nSPS) is 14.8. The van der Waals surface area contributed by atoms with Gasteiger partial charge in [0.05, 0.1) is 31.2 Å². The Kier molecular flexibility index (Phi) is 3.57. The van der Waals surface area contributed by atoms with E-state index in [1.807, 2.05) is 30.6 Å². The topological polar surface area (TPSA) is 72.9 Å². The summed E-state index contributed by atoms with van der Waals surface area (Å²) in [4.78, 5) is 22.9. The minimum atomic E-state index is -0.0523. The molecule has 1 aliphatic rings. The predicted molar refractivity (Wildman–Crippen MR) is 86.7 cm³/mol. The van der Waals surface area contributed by atoms with Gasteiger partial charge in [-0.3, -0.25) is 9.20 Å². The van der Waals surface area contributed by atoms with Crippen LogP contribution in [-0.2, 0) is 4.74 Å². The molecule has 0 aliphatic carbocycles. The molecule has 4 heterocycles. The Hall–Kier alpha value is -2.67. The maximum absolute atomic E-state index is 12.8. The number of aromatic nitrogens is 3. The van der Waals surface area contributed by atoms with E-state index < -0.39 is 0 Å². The number of aryl methyl sites for hydroxylation is 1. The molecule has 1 saturated heterocycles. The third-order valence-corrected chi connectivity index (χ3v) is 4.25. The second kappa shape index (κ2) is 5.76. The number of carbonyl (C=O) groups is 1. The van der Waals surface area contributed by atoms with Crippen molar-refractivity contribution in [1.82, 2.24) is 19.3 Å². The van der Waals surface area contributed by atoms with Crippen molar-refractivity contribution in [1.29, 1.82) is 0 Å². The molecule has 3 aromatic rings. The van der Waals surface area contributed by atoms with E-state index in [4.69, 9.17) is 9.15 Å². The Balaban J connectivity index is 1.73. The molecule has 0 bridgehead atoms. The number of ether oxygens (including phenoxy) is 1. The summed E-state index contributed by atoms with van der Waals surface area (Å²) in [5.41, 5.74) is 3.05. The van der Waals surface area contributed by atoms with E-state index >= 15 is 0 Å². The van der Waals surface area contributed by atoms with Gasteiger partial charge in [-0.2, -0.15) is 0 Å². The van der Waals surface area contributed by atoms with Gasteiger partial charge in [0.15, 0.2) is 12.2 Å². The van der Waals surface area contributed by atoms with E-state index in [0.717, 1.165) is 24.3 Å². The molecule has 1 amide bonds. The number of nitrogens with zero attached hydrogens (tertiary/aromatic N) is 4. The summed E-state index contributed by atoms with van der Waals surface area (Å²) in [6.45, 7) is 4.11. The van der Waals surface area contributed by atoms with Crippen molar-refractivity contribution < 1.29 is 13.9 Å². The fraction of sp³-hybridized carbons (Fsp3) is 0.353. The van der Waals surface area contributed by atoms with Gasteiger partial charge in [-0.1, -0.05) is 0 Å². The van der Waals surface area contributed by atoms with Crippen LogP contribution in [0.1, 0.15) is 16.1 Å². The number of hydrogen-bond donors (Lipinski definition) is 0. The van der Waals surface area contributed by atoms with Crippen molar-refractivity contribution in [3.05, 3.63) is 42.3 Å². The molecule has 0 N–H and O–H groups in total. The van der Waals surface area contributed by atoms with Crippen LogP contribution in [0.25, 0.3) is 17.0 Å². The molecule has 0 spiro atoms. The lowest BCUT2D eigenvalue weighted by Crippen LogP contribution is -2.40. The fourth-order valence-electron chi connectivity index (χ4n) is 2.97. The third kappa shape index (κ3) is 2.46. The molecule has 7 nitrogen and oxygen atoms in total. The number of amides is 1. The van der Waals surface area contributed by atoms with Gasteiger partial charge in [-0.15, -0.1) is 0 Å². The molecule has 3 aromatic heterocycles. The van der Waals surface area contributed by atoms with E-state index in [2.05, 4.69) is 9.97 Å². The quantitative estimate of drug-likeness (QED) is 0.733. The van der Waals surface area contributed by atoms with Crippen LogP contribution >= 0.6 is 0 Å². The Morgan fingerprint density at radius 2 is 2.25 bits per heavy atom. The fourth-order valence-corrected chi connectivity index (χ4v) is 2.97. The number of oxazole rings is 1. The Morgan fingerprint density at radius 3 is 2.92 bits per heavy atom. The van der Waals surface area contributed by atoms with Gasteiger partial charge >= 0.3 is 0 Å². The van der Waals surface area contributed by atoms with Crippen LogP contribution in [0.15, 0.2) is 35.5 Å². The van der Waals surface area contributed by atoms with Gasteiger partial charge in [0, 0.05) is 25.7 Å². The molecule has 0 radical (unpaired) electrons. The summed E-state index contributed by atoms with van der Waals surface area (Å²) in [6.07, 6.45) is 6.56. The zero-order valence-electron chi connectivity index (χ0n) is 13.6. The zero-order chi connectivity index (χ0) is 16.7. The smallest absolute Gasteiger partial charge is 0.272 e. The van der Waals surface area contributed by atoms with E-state index in [-0.39, 0.29) is 5.91 Å². The highest BCUT2D eigenvalue weighted by Gasteiger charge is 2.25. The summed E-state index contributed by atoms with van der Waals surface area (Å²) in [6, 6.07) is 1.98. The molecule has 24 heavy (non-hydrogen) atoms. The average molecular weight is 326 g/mol. The summed E-state index contributed by atoms with van der Waals surface area (Å²) < 4.78 is 12.4. The lowest BCUT2D eigenvalue weighted by molar-refractivity contribution is -0.0411. The first-order valence-electron chi connectivity index (χ1n) is 7.83. The standard InChI is InChI=1S/C17H18N4O3/c1-11-3-13(15-5-18-10-24-15)16-19-4-14(21(16)6-11)17(22)20(2)7-12-8-23-9-12/h3-6,10,12H,7-9H2,1-2H3. The highest BCUT2D eigenvalue weighted by atomic mass is 16.5. The van der Waals surface area contributed by atoms with E-state index in [1.165, 1.54) is 6.39 Å². The molecule has 1 aliphatic heterocycles. The molecule has 0 saturated carbocycles. The lowest BCUT2D eigenvalue weighted by atomic mass is 10.1. The minimum Gasteiger partial charge on any atom is -0.443 e. The van der Waals surface area contributed by atoms with Crippen LogP contribution in [0.4, 0.5) is 0 Å². The zero-order valence-corrected chi connectivity index (χ0v) is 13.6. The maximum atomic E-state index is 12.8. The van der Waals surface area contributed by atoms with Gasteiger partial charge in [-0.25, -0.2) is 9.97 Å². The van der Waals surface area contributed by atoms with E-state index in [9.17, 15) is 4.79 Å². The second-order valence-electron chi connectivity index (χ2n) is 6.22. The lowest BCUT2D eigenvalue weighted by Gasteiger charge is -2.30. The number of carbonyl (C=O) groups excluding carboxylic acids is 1.